The fourth-order valence-corrected chi connectivity index (χ4v) is 2.27. The van der Waals surface area contributed by atoms with Crippen molar-refractivity contribution in [3.63, 3.8) is 0 Å². The van der Waals surface area contributed by atoms with E-state index in [2.05, 4.69) is 22.3 Å². The van der Waals surface area contributed by atoms with E-state index in [1.165, 1.54) is 11.3 Å². The molecule has 2 heterocycles. The summed E-state index contributed by atoms with van der Waals surface area (Å²) in [5.74, 6) is 1.01. The molecule has 0 radical (unpaired) electrons. The van der Waals surface area contributed by atoms with Crippen LogP contribution in [0, 0.1) is 13.8 Å². The van der Waals surface area contributed by atoms with Crippen LogP contribution in [0.1, 0.15) is 28.8 Å². The summed E-state index contributed by atoms with van der Waals surface area (Å²) in [6.45, 7) is 4.12. The third-order valence-corrected chi connectivity index (χ3v) is 3.26. The van der Waals surface area contributed by atoms with Gasteiger partial charge in [-0.15, -0.1) is 0 Å². The lowest BCUT2D eigenvalue weighted by molar-refractivity contribution is 0.610. The molecule has 0 amide bonds. The van der Waals surface area contributed by atoms with Gasteiger partial charge in [0.2, 0.25) is 0 Å². The minimum Gasteiger partial charge on any atom is -0.336 e. The Morgan fingerprint density at radius 2 is 2.00 bits per heavy atom. The first-order chi connectivity index (χ1) is 8.06. The molecule has 0 aliphatic rings. The predicted octanol–water partition coefficient (Wildman–Crippen LogP) is 1.08. The van der Waals surface area contributed by atoms with Gasteiger partial charge < -0.3 is 9.88 Å². The monoisotopic (exact) mass is 233 g/mol. The second-order valence-electron chi connectivity index (χ2n) is 4.33. The molecular formula is C12H19N5. The molecule has 5 nitrogen and oxygen atoms in total. The zero-order valence-electron chi connectivity index (χ0n) is 11.0. The van der Waals surface area contributed by atoms with E-state index in [0.29, 0.717) is 0 Å². The molecule has 17 heavy (non-hydrogen) atoms. The van der Waals surface area contributed by atoms with E-state index in [1.54, 1.807) is 0 Å². The van der Waals surface area contributed by atoms with Crippen LogP contribution in [0.15, 0.2) is 12.4 Å². The minimum absolute atomic E-state index is 0.0868. The van der Waals surface area contributed by atoms with Gasteiger partial charge in [0, 0.05) is 37.7 Å². The first-order valence-electron chi connectivity index (χ1n) is 5.70. The molecule has 0 saturated carbocycles. The first kappa shape index (κ1) is 11.9. The number of aryl methyl sites for hydroxylation is 3. The highest BCUT2D eigenvalue weighted by molar-refractivity contribution is 5.32. The van der Waals surface area contributed by atoms with Crippen molar-refractivity contribution in [3.05, 3.63) is 35.2 Å². The van der Waals surface area contributed by atoms with Crippen molar-refractivity contribution >= 4 is 0 Å². The summed E-state index contributed by atoms with van der Waals surface area (Å²) in [5.41, 5.74) is 3.43. The van der Waals surface area contributed by atoms with Gasteiger partial charge in [-0.25, -0.2) is 4.98 Å². The van der Waals surface area contributed by atoms with Gasteiger partial charge in [-0.3, -0.25) is 4.68 Å². The molecular weight excluding hydrogens is 214 g/mol. The van der Waals surface area contributed by atoms with Crippen LogP contribution in [-0.4, -0.2) is 26.4 Å². The molecule has 2 aromatic rings. The molecule has 92 valence electrons. The lowest BCUT2D eigenvalue weighted by atomic mass is 10.0. The average molecular weight is 233 g/mol. The van der Waals surface area contributed by atoms with Crippen molar-refractivity contribution in [1.29, 1.82) is 0 Å². The summed E-state index contributed by atoms with van der Waals surface area (Å²) in [4.78, 5) is 4.42. The van der Waals surface area contributed by atoms with E-state index in [0.717, 1.165) is 11.5 Å². The Morgan fingerprint density at radius 3 is 2.41 bits per heavy atom. The topological polar surface area (TPSA) is 47.7 Å². The second-order valence-corrected chi connectivity index (χ2v) is 4.33. The number of nitrogens with zero attached hydrogens (tertiary/aromatic N) is 4. The zero-order chi connectivity index (χ0) is 12.6. The zero-order valence-corrected chi connectivity index (χ0v) is 11.0. The van der Waals surface area contributed by atoms with Crippen LogP contribution < -0.4 is 5.32 Å². The van der Waals surface area contributed by atoms with Gasteiger partial charge in [0.1, 0.15) is 5.82 Å². The Bertz CT molecular complexity index is 523. The Morgan fingerprint density at radius 1 is 1.29 bits per heavy atom. The van der Waals surface area contributed by atoms with Crippen molar-refractivity contribution in [1.82, 2.24) is 24.6 Å². The van der Waals surface area contributed by atoms with Crippen LogP contribution in [0.5, 0.6) is 0 Å². The van der Waals surface area contributed by atoms with Crippen molar-refractivity contribution < 1.29 is 0 Å². The predicted molar refractivity (Wildman–Crippen MR) is 66.8 cm³/mol. The molecule has 0 aromatic carbocycles. The maximum atomic E-state index is 4.46. The molecule has 2 aromatic heterocycles. The van der Waals surface area contributed by atoms with Crippen LogP contribution in [0.25, 0.3) is 0 Å². The Labute approximate surface area is 101 Å². The molecule has 2 rings (SSSR count). The molecule has 1 N–H and O–H groups in total. The molecule has 0 bridgehead atoms. The van der Waals surface area contributed by atoms with E-state index >= 15 is 0 Å². The fourth-order valence-electron chi connectivity index (χ4n) is 2.27. The molecule has 5 heteroatoms. The molecule has 0 aliphatic heterocycles. The maximum Gasteiger partial charge on any atom is 0.130 e. The lowest BCUT2D eigenvalue weighted by Crippen LogP contribution is -2.22. The van der Waals surface area contributed by atoms with Gasteiger partial charge in [0.05, 0.1) is 11.7 Å². The van der Waals surface area contributed by atoms with E-state index in [9.17, 15) is 0 Å². The number of imidazole rings is 1. The summed E-state index contributed by atoms with van der Waals surface area (Å²) < 4.78 is 3.95. The van der Waals surface area contributed by atoms with Gasteiger partial charge in [-0.1, -0.05) is 0 Å². The molecule has 0 spiro atoms. The molecule has 1 atom stereocenters. The smallest absolute Gasteiger partial charge is 0.130 e. The molecule has 1 unspecified atom stereocenters. The SMILES string of the molecule is CNC(c1c(C)nn(C)c1C)c1nccn1C. The summed E-state index contributed by atoms with van der Waals surface area (Å²) in [6.07, 6.45) is 3.78. The highest BCUT2D eigenvalue weighted by Crippen LogP contribution is 2.25. The summed E-state index contributed by atoms with van der Waals surface area (Å²) >= 11 is 0. The van der Waals surface area contributed by atoms with Crippen molar-refractivity contribution in [2.45, 2.75) is 19.9 Å². The van der Waals surface area contributed by atoms with Gasteiger partial charge >= 0.3 is 0 Å². The molecule has 0 saturated heterocycles. The van der Waals surface area contributed by atoms with Crippen LogP contribution in [-0.2, 0) is 14.1 Å². The lowest BCUT2D eigenvalue weighted by Gasteiger charge is -2.16. The highest BCUT2D eigenvalue weighted by Gasteiger charge is 2.23. The third-order valence-electron chi connectivity index (χ3n) is 3.26. The van der Waals surface area contributed by atoms with E-state index in [1.807, 2.05) is 49.7 Å². The van der Waals surface area contributed by atoms with Crippen LogP contribution in [0.2, 0.25) is 0 Å². The van der Waals surface area contributed by atoms with Crippen LogP contribution >= 0.6 is 0 Å². The van der Waals surface area contributed by atoms with Gasteiger partial charge in [-0.2, -0.15) is 5.10 Å². The summed E-state index contributed by atoms with van der Waals surface area (Å²) in [5, 5.41) is 7.78. The van der Waals surface area contributed by atoms with Gasteiger partial charge in [0.25, 0.3) is 0 Å². The summed E-state index contributed by atoms with van der Waals surface area (Å²) in [6, 6.07) is 0.0868. The van der Waals surface area contributed by atoms with Gasteiger partial charge in [-0.05, 0) is 20.9 Å². The molecule has 0 aliphatic carbocycles. The number of nitrogens with one attached hydrogen (secondary N) is 1. The number of rotatable bonds is 3. The van der Waals surface area contributed by atoms with Crippen LogP contribution in [0.4, 0.5) is 0 Å². The quantitative estimate of drug-likeness (QED) is 0.863. The Hall–Kier alpha value is -1.62. The number of hydrogen-bond donors (Lipinski definition) is 1. The third kappa shape index (κ3) is 1.86. The normalized spacial score (nSPS) is 13.0. The molecule has 0 fully saturated rings. The Kier molecular flexibility index (Phi) is 3.02. The largest absolute Gasteiger partial charge is 0.336 e. The van der Waals surface area contributed by atoms with Crippen molar-refractivity contribution in [2.24, 2.45) is 14.1 Å². The fraction of sp³-hybridized carbons (Fsp3) is 0.500. The van der Waals surface area contributed by atoms with Gasteiger partial charge in [0.15, 0.2) is 0 Å². The summed E-state index contributed by atoms with van der Waals surface area (Å²) in [7, 11) is 5.93. The van der Waals surface area contributed by atoms with Crippen molar-refractivity contribution in [2.75, 3.05) is 7.05 Å². The van der Waals surface area contributed by atoms with E-state index in [4.69, 9.17) is 0 Å². The highest BCUT2D eigenvalue weighted by atomic mass is 15.3. The number of aromatic nitrogens is 4. The first-order valence-corrected chi connectivity index (χ1v) is 5.70. The maximum absolute atomic E-state index is 4.46. The minimum atomic E-state index is 0.0868. The second kappa shape index (κ2) is 4.33. The van der Waals surface area contributed by atoms with E-state index < -0.39 is 0 Å². The standard InChI is InChI=1S/C12H19N5/c1-8-10(9(2)17(5)15-8)11(13-3)12-14-6-7-16(12)4/h6-7,11,13H,1-5H3. The Balaban J connectivity index is 2.53. The average Bonchev–Trinajstić information content (AvgIpc) is 2.79. The number of hydrogen-bond acceptors (Lipinski definition) is 3. The van der Waals surface area contributed by atoms with Crippen LogP contribution in [0.3, 0.4) is 0 Å². The van der Waals surface area contributed by atoms with Crippen molar-refractivity contribution in [3.8, 4) is 0 Å². The van der Waals surface area contributed by atoms with E-state index in [-0.39, 0.29) is 6.04 Å².